The topological polar surface area (TPSA) is 154 Å². The number of primary amides is 1. The fourth-order valence-corrected chi connectivity index (χ4v) is 3.53. The van der Waals surface area contributed by atoms with Crippen LogP contribution >= 0.6 is 22.6 Å². The molecule has 1 unspecified atom stereocenters. The van der Waals surface area contributed by atoms with E-state index in [2.05, 4.69) is 26.6 Å². The second-order valence-electron chi connectivity index (χ2n) is 8.89. The number of halogens is 1. The van der Waals surface area contributed by atoms with Crippen LogP contribution in [-0.4, -0.2) is 73.8 Å². The van der Waals surface area contributed by atoms with Crippen LogP contribution in [-0.2, 0) is 14.4 Å². The maximum Gasteiger partial charge on any atom is 0.312 e. The first-order valence-corrected chi connectivity index (χ1v) is 13.8. The number of amides is 5. The Kier molecular flexibility index (Phi) is 18.8. The van der Waals surface area contributed by atoms with Crippen molar-refractivity contribution >= 4 is 54.2 Å². The standard InChI is InChI=1S/C22H44BIN6O4/c1-15(2)19(27-11-7-5-4-6-10-26-18(31)14-24)21(33)30-17(9-8-12-28-22(25)34)20(32)29-16(3)13-23/h15-17,19,27H,4-14,23H2,1-3H3,(H,26,31)(H,29,32)(H,30,33)(H3,25,28,34)/t16-,17+,19?/m1/s1. The van der Waals surface area contributed by atoms with Gasteiger partial charge in [-0.2, -0.15) is 0 Å². The Hall–Kier alpha value is -1.57. The molecule has 0 aliphatic heterocycles. The van der Waals surface area contributed by atoms with E-state index in [0.29, 0.717) is 36.9 Å². The highest BCUT2D eigenvalue weighted by molar-refractivity contribution is 14.1. The molecule has 0 bridgehead atoms. The third kappa shape index (κ3) is 16.1. The number of carbonyl (C=O) groups excluding carboxylic acids is 4. The predicted octanol–water partition coefficient (Wildman–Crippen LogP) is 0.202. The number of rotatable bonds is 19. The summed E-state index contributed by atoms with van der Waals surface area (Å²) in [6.45, 7) is 7.59. The lowest BCUT2D eigenvalue weighted by Crippen LogP contribution is -2.55. The van der Waals surface area contributed by atoms with Gasteiger partial charge in [0.2, 0.25) is 17.7 Å². The lowest BCUT2D eigenvalue weighted by molar-refractivity contribution is -0.131. The summed E-state index contributed by atoms with van der Waals surface area (Å²) in [6, 6.07) is -1.70. The molecule has 10 nitrogen and oxygen atoms in total. The van der Waals surface area contributed by atoms with Gasteiger partial charge < -0.3 is 32.3 Å². The molecule has 0 saturated heterocycles. The molecule has 34 heavy (non-hydrogen) atoms. The van der Waals surface area contributed by atoms with Crippen molar-refractivity contribution in [2.45, 2.75) is 83.7 Å². The molecule has 0 rings (SSSR count). The van der Waals surface area contributed by atoms with Crippen LogP contribution in [0, 0.1) is 5.92 Å². The van der Waals surface area contributed by atoms with Gasteiger partial charge in [0, 0.05) is 19.1 Å². The molecular formula is C22H44BIN6O4. The zero-order chi connectivity index (χ0) is 25.9. The monoisotopic (exact) mass is 594 g/mol. The molecule has 0 spiro atoms. The first-order chi connectivity index (χ1) is 16.1. The maximum atomic E-state index is 13.0. The highest BCUT2D eigenvalue weighted by atomic mass is 127. The van der Waals surface area contributed by atoms with E-state index in [4.69, 9.17) is 5.73 Å². The molecule has 0 radical (unpaired) electrons. The third-order valence-corrected chi connectivity index (χ3v) is 6.16. The molecule has 0 aromatic rings. The maximum absolute atomic E-state index is 13.0. The predicted molar refractivity (Wildman–Crippen MR) is 147 cm³/mol. The van der Waals surface area contributed by atoms with Gasteiger partial charge in [-0.3, -0.25) is 14.4 Å². The highest BCUT2D eigenvalue weighted by Gasteiger charge is 2.27. The van der Waals surface area contributed by atoms with Crippen molar-refractivity contribution in [1.82, 2.24) is 26.6 Å². The van der Waals surface area contributed by atoms with Gasteiger partial charge in [0.05, 0.1) is 10.5 Å². The quantitative estimate of drug-likeness (QED) is 0.0546. The molecule has 0 fully saturated rings. The van der Waals surface area contributed by atoms with Crippen LogP contribution in [0.15, 0.2) is 0 Å². The van der Waals surface area contributed by atoms with Crippen molar-refractivity contribution < 1.29 is 19.2 Å². The molecule has 0 aromatic carbocycles. The molecule has 0 saturated carbocycles. The number of nitrogens with one attached hydrogen (secondary N) is 5. The summed E-state index contributed by atoms with van der Waals surface area (Å²) in [7, 11) is 1.98. The summed E-state index contributed by atoms with van der Waals surface area (Å²) >= 11 is 2.04. The Labute approximate surface area is 219 Å². The summed E-state index contributed by atoms with van der Waals surface area (Å²) in [5.74, 6) is -0.311. The van der Waals surface area contributed by atoms with E-state index in [9.17, 15) is 19.2 Å². The largest absolute Gasteiger partial charge is 0.355 e. The summed E-state index contributed by atoms with van der Waals surface area (Å²) in [4.78, 5) is 47.8. The average molecular weight is 594 g/mol. The molecule has 3 atom stereocenters. The van der Waals surface area contributed by atoms with Crippen LogP contribution in [0.2, 0.25) is 6.32 Å². The molecule has 7 N–H and O–H groups in total. The summed E-state index contributed by atoms with van der Waals surface area (Å²) in [6.07, 6.45) is 5.58. The van der Waals surface area contributed by atoms with Crippen molar-refractivity contribution in [2.24, 2.45) is 11.7 Å². The van der Waals surface area contributed by atoms with Crippen LogP contribution < -0.4 is 32.3 Å². The van der Waals surface area contributed by atoms with Crippen molar-refractivity contribution in [3.05, 3.63) is 0 Å². The summed E-state index contributed by atoms with van der Waals surface area (Å²) in [5.41, 5.74) is 5.09. The number of unbranched alkanes of at least 4 members (excludes halogenated alkanes) is 3. The van der Waals surface area contributed by atoms with Crippen molar-refractivity contribution in [2.75, 3.05) is 24.1 Å². The van der Waals surface area contributed by atoms with Crippen LogP contribution in [0.25, 0.3) is 0 Å². The zero-order valence-electron chi connectivity index (χ0n) is 21.2. The Morgan fingerprint density at radius 1 is 0.853 bits per heavy atom. The summed E-state index contributed by atoms with van der Waals surface area (Å²) in [5, 5.41) is 14.5. The van der Waals surface area contributed by atoms with Gasteiger partial charge in [0.15, 0.2) is 0 Å². The van der Waals surface area contributed by atoms with Crippen molar-refractivity contribution in [3.63, 3.8) is 0 Å². The minimum atomic E-state index is -0.683. The van der Waals surface area contributed by atoms with Gasteiger partial charge in [-0.25, -0.2) is 4.79 Å². The van der Waals surface area contributed by atoms with Crippen LogP contribution in [0.5, 0.6) is 0 Å². The highest BCUT2D eigenvalue weighted by Crippen LogP contribution is 2.06. The van der Waals surface area contributed by atoms with Gasteiger partial charge in [-0.1, -0.05) is 55.6 Å². The first kappa shape index (κ1) is 32.4. The van der Waals surface area contributed by atoms with E-state index < -0.39 is 18.1 Å². The van der Waals surface area contributed by atoms with Gasteiger partial charge in [0.1, 0.15) is 13.9 Å². The molecule has 0 aromatic heterocycles. The first-order valence-electron chi connectivity index (χ1n) is 12.3. The molecule has 0 aliphatic carbocycles. The number of hydrogen-bond donors (Lipinski definition) is 6. The normalized spacial score (nSPS) is 13.6. The van der Waals surface area contributed by atoms with E-state index in [1.165, 1.54) is 0 Å². The van der Waals surface area contributed by atoms with Gasteiger partial charge in [-0.15, -0.1) is 0 Å². The third-order valence-electron chi connectivity index (χ3n) is 5.46. The molecule has 196 valence electrons. The summed E-state index contributed by atoms with van der Waals surface area (Å²) < 4.78 is 0.477. The van der Waals surface area contributed by atoms with E-state index >= 15 is 0 Å². The van der Waals surface area contributed by atoms with Crippen LogP contribution in [0.4, 0.5) is 4.79 Å². The van der Waals surface area contributed by atoms with Crippen molar-refractivity contribution in [1.29, 1.82) is 0 Å². The Bertz CT molecular complexity index is 626. The lowest BCUT2D eigenvalue weighted by Gasteiger charge is -2.26. The fraction of sp³-hybridized carbons (Fsp3) is 0.818. The Balaban J connectivity index is 4.65. The van der Waals surface area contributed by atoms with E-state index in [0.717, 1.165) is 32.0 Å². The van der Waals surface area contributed by atoms with Crippen molar-refractivity contribution in [3.8, 4) is 0 Å². The Morgan fingerprint density at radius 2 is 1.47 bits per heavy atom. The van der Waals surface area contributed by atoms with Gasteiger partial charge >= 0.3 is 6.03 Å². The molecular weight excluding hydrogens is 550 g/mol. The second-order valence-corrected chi connectivity index (χ2v) is 9.65. The minimum absolute atomic E-state index is 0.00422. The zero-order valence-corrected chi connectivity index (χ0v) is 23.3. The lowest BCUT2D eigenvalue weighted by atomic mass is 9.98. The van der Waals surface area contributed by atoms with Crippen LogP contribution in [0.1, 0.15) is 59.3 Å². The van der Waals surface area contributed by atoms with E-state index in [1.54, 1.807) is 0 Å². The minimum Gasteiger partial charge on any atom is -0.355 e. The number of carbonyl (C=O) groups is 4. The number of hydrogen-bond acceptors (Lipinski definition) is 5. The number of nitrogens with two attached hydrogens (primary N) is 1. The SMILES string of the molecule is BC[C@@H](C)NC(=O)[C@H](CCCNC(N)=O)NC(=O)C(NCCCCCCNC(=O)CI)C(C)C. The average Bonchev–Trinajstić information content (AvgIpc) is 2.78. The van der Waals surface area contributed by atoms with Crippen LogP contribution in [0.3, 0.4) is 0 Å². The Morgan fingerprint density at radius 3 is 2.03 bits per heavy atom. The van der Waals surface area contributed by atoms with E-state index in [-0.39, 0.29) is 29.7 Å². The number of urea groups is 1. The molecule has 0 heterocycles. The van der Waals surface area contributed by atoms with Gasteiger partial charge in [-0.05, 0) is 45.1 Å². The fourth-order valence-electron chi connectivity index (χ4n) is 3.26. The smallest absolute Gasteiger partial charge is 0.312 e. The molecule has 12 heteroatoms. The second kappa shape index (κ2) is 19.7. The molecule has 0 aliphatic rings. The van der Waals surface area contributed by atoms with E-state index in [1.807, 2.05) is 51.2 Å². The van der Waals surface area contributed by atoms with Gasteiger partial charge in [0.25, 0.3) is 0 Å². The number of alkyl halides is 1. The molecule has 5 amide bonds.